The van der Waals surface area contributed by atoms with Crippen molar-refractivity contribution in [3.8, 4) is 0 Å². The van der Waals surface area contributed by atoms with E-state index in [0.717, 1.165) is 0 Å². The maximum absolute atomic E-state index is 12.2. The largest absolute Gasteiger partial charge is 0.459 e. The fourth-order valence-electron chi connectivity index (χ4n) is 1.65. The summed E-state index contributed by atoms with van der Waals surface area (Å²) in [5.74, 6) is -2.09. The summed E-state index contributed by atoms with van der Waals surface area (Å²) in [5, 5.41) is 0. The lowest BCUT2D eigenvalue weighted by molar-refractivity contribution is -0.671. The molecule has 1 rings (SSSR count). The van der Waals surface area contributed by atoms with Crippen LogP contribution in [0.25, 0.3) is 0 Å². The molecule has 1 aromatic rings. The van der Waals surface area contributed by atoms with Crippen molar-refractivity contribution < 1.29 is 23.6 Å². The number of aromatic nitrogens is 2. The third-order valence-corrected chi connectivity index (χ3v) is 2.32. The van der Waals surface area contributed by atoms with Crippen molar-refractivity contribution >= 4 is 5.97 Å². The van der Waals surface area contributed by atoms with E-state index in [2.05, 4.69) is 0 Å². The predicted molar refractivity (Wildman–Crippen MR) is 63.5 cm³/mol. The summed E-state index contributed by atoms with van der Waals surface area (Å²) in [6.07, 6.45) is 5.22. The summed E-state index contributed by atoms with van der Waals surface area (Å²) < 4.78 is 19.5. The lowest BCUT2D eigenvalue weighted by Crippen LogP contribution is -2.48. The quantitative estimate of drug-likeness (QED) is 0.407. The first-order chi connectivity index (χ1) is 8.60. The fourth-order valence-corrected chi connectivity index (χ4v) is 1.65. The van der Waals surface area contributed by atoms with Gasteiger partial charge in [0.05, 0.1) is 26.9 Å². The number of nitrogens with zero attached hydrogens (tertiary/aromatic N) is 2. The van der Waals surface area contributed by atoms with Gasteiger partial charge in [0.2, 0.25) is 6.33 Å². The van der Waals surface area contributed by atoms with Gasteiger partial charge < -0.3 is 14.2 Å². The van der Waals surface area contributed by atoms with Crippen LogP contribution >= 0.6 is 0 Å². The van der Waals surface area contributed by atoms with E-state index in [9.17, 15) is 4.79 Å². The lowest BCUT2D eigenvalue weighted by atomic mass is 10.4. The fraction of sp³-hybridized carbons (Fsp3) is 0.667. The molecule has 0 aliphatic heterocycles. The van der Waals surface area contributed by atoms with Gasteiger partial charge in [0.1, 0.15) is 12.4 Å². The summed E-state index contributed by atoms with van der Waals surface area (Å²) in [5.41, 5.74) is 0. The lowest BCUT2D eigenvalue weighted by Gasteiger charge is -2.26. The molecule has 0 saturated heterocycles. The number of carbonyl (C=O) groups is 1. The Hall–Kier alpha value is -1.40. The van der Waals surface area contributed by atoms with Crippen molar-refractivity contribution in [1.29, 1.82) is 0 Å². The van der Waals surface area contributed by atoms with Crippen molar-refractivity contribution in [3.63, 3.8) is 0 Å². The topological polar surface area (TPSA) is 53.6 Å². The Bertz CT molecular complexity index is 383. The highest BCUT2D eigenvalue weighted by atomic mass is 16.7. The molecule has 1 heterocycles. The van der Waals surface area contributed by atoms with Crippen molar-refractivity contribution in [2.75, 3.05) is 19.8 Å². The number of hydrogen-bond acceptors (Lipinski definition) is 4. The molecule has 6 nitrogen and oxygen atoms in total. The number of rotatable bonds is 7. The van der Waals surface area contributed by atoms with Gasteiger partial charge in [-0.3, -0.25) is 0 Å². The second kappa shape index (κ2) is 6.51. The smallest absolute Gasteiger partial charge is 0.430 e. The number of aryl methyl sites for hydroxylation is 1. The zero-order valence-corrected chi connectivity index (χ0v) is 11.4. The Balaban J connectivity index is 3.15. The van der Waals surface area contributed by atoms with Crippen molar-refractivity contribution in [3.05, 3.63) is 18.7 Å². The third-order valence-electron chi connectivity index (χ3n) is 2.32. The van der Waals surface area contributed by atoms with E-state index in [0.29, 0.717) is 13.2 Å². The Morgan fingerprint density at radius 2 is 1.83 bits per heavy atom. The highest BCUT2D eigenvalue weighted by Gasteiger charge is 2.50. The molecule has 0 spiro atoms. The SMILES string of the molecule is CCOC(=O)C(OCC)(OCC)n1cc[n+](C)c1. The Kier molecular flexibility index (Phi) is 5.30. The van der Waals surface area contributed by atoms with Crippen LogP contribution in [0.3, 0.4) is 0 Å². The molecule has 0 saturated carbocycles. The summed E-state index contributed by atoms with van der Waals surface area (Å²) in [7, 11) is 1.85. The van der Waals surface area contributed by atoms with Gasteiger partial charge in [0, 0.05) is 0 Å². The molecule has 0 fully saturated rings. The van der Waals surface area contributed by atoms with Crippen molar-refractivity contribution in [2.24, 2.45) is 7.05 Å². The van der Waals surface area contributed by atoms with Crippen LogP contribution in [-0.4, -0.2) is 30.4 Å². The van der Waals surface area contributed by atoms with Crippen LogP contribution in [0.2, 0.25) is 0 Å². The minimum atomic E-state index is -1.54. The van der Waals surface area contributed by atoms with Crippen LogP contribution in [0.4, 0.5) is 0 Å². The molecule has 0 N–H and O–H groups in total. The van der Waals surface area contributed by atoms with Crippen LogP contribution < -0.4 is 4.57 Å². The molecule has 0 amide bonds. The molecule has 0 aliphatic rings. The summed E-state index contributed by atoms with van der Waals surface area (Å²) >= 11 is 0. The second-order valence-corrected chi connectivity index (χ2v) is 3.65. The first-order valence-electron chi connectivity index (χ1n) is 6.09. The molecule has 0 aromatic carbocycles. The van der Waals surface area contributed by atoms with Gasteiger partial charge >= 0.3 is 11.9 Å². The van der Waals surface area contributed by atoms with E-state index in [4.69, 9.17) is 14.2 Å². The monoisotopic (exact) mass is 257 g/mol. The van der Waals surface area contributed by atoms with E-state index in [-0.39, 0.29) is 6.61 Å². The average Bonchev–Trinajstić information content (AvgIpc) is 2.76. The minimum Gasteiger partial charge on any atom is -0.459 e. The second-order valence-electron chi connectivity index (χ2n) is 3.65. The van der Waals surface area contributed by atoms with E-state index in [1.807, 2.05) is 7.05 Å². The van der Waals surface area contributed by atoms with E-state index < -0.39 is 11.9 Å². The maximum Gasteiger partial charge on any atom is 0.430 e. The van der Waals surface area contributed by atoms with Crippen LogP contribution in [-0.2, 0) is 32.0 Å². The molecule has 1 aromatic heterocycles. The zero-order chi connectivity index (χ0) is 13.6. The number of carbonyl (C=O) groups excluding carboxylic acids is 1. The highest BCUT2D eigenvalue weighted by molar-refractivity contribution is 5.75. The number of hydrogen-bond donors (Lipinski definition) is 0. The summed E-state index contributed by atoms with van der Waals surface area (Å²) in [4.78, 5) is 12.2. The Morgan fingerprint density at radius 1 is 1.22 bits per heavy atom. The van der Waals surface area contributed by atoms with E-state index in [1.54, 1.807) is 48.6 Å². The van der Waals surface area contributed by atoms with Crippen molar-refractivity contribution in [2.45, 2.75) is 26.7 Å². The molecule has 0 bridgehead atoms. The third kappa shape index (κ3) is 2.88. The van der Waals surface area contributed by atoms with Gasteiger partial charge in [-0.15, -0.1) is 0 Å². The molecular weight excluding hydrogens is 236 g/mol. The van der Waals surface area contributed by atoms with Crippen LogP contribution in [0, 0.1) is 0 Å². The van der Waals surface area contributed by atoms with Crippen molar-refractivity contribution in [1.82, 2.24) is 4.57 Å². The van der Waals surface area contributed by atoms with Gasteiger partial charge in [-0.25, -0.2) is 9.36 Å². The Morgan fingerprint density at radius 3 is 2.22 bits per heavy atom. The van der Waals surface area contributed by atoms with Gasteiger partial charge in [-0.05, 0) is 20.8 Å². The Labute approximate surface area is 107 Å². The molecule has 0 radical (unpaired) electrons. The summed E-state index contributed by atoms with van der Waals surface area (Å²) in [6.45, 7) is 6.29. The first-order valence-corrected chi connectivity index (χ1v) is 6.09. The number of imidazole rings is 1. The minimum absolute atomic E-state index is 0.272. The van der Waals surface area contributed by atoms with Crippen LogP contribution in [0.5, 0.6) is 0 Å². The molecule has 6 heteroatoms. The van der Waals surface area contributed by atoms with Gasteiger partial charge in [0.15, 0.2) is 0 Å². The molecule has 18 heavy (non-hydrogen) atoms. The van der Waals surface area contributed by atoms with E-state index >= 15 is 0 Å². The number of esters is 1. The molecule has 0 atom stereocenters. The van der Waals surface area contributed by atoms with E-state index in [1.165, 1.54) is 0 Å². The molecular formula is C12H21N2O4+. The van der Waals surface area contributed by atoms with Gasteiger partial charge in [-0.1, -0.05) is 0 Å². The van der Waals surface area contributed by atoms with Crippen LogP contribution in [0.1, 0.15) is 20.8 Å². The molecule has 0 unspecified atom stereocenters. The zero-order valence-electron chi connectivity index (χ0n) is 11.4. The average molecular weight is 257 g/mol. The first kappa shape index (κ1) is 14.7. The summed E-state index contributed by atoms with van der Waals surface area (Å²) in [6, 6.07) is 0. The van der Waals surface area contributed by atoms with Gasteiger partial charge in [-0.2, -0.15) is 4.57 Å². The molecule has 102 valence electrons. The van der Waals surface area contributed by atoms with Gasteiger partial charge in [0.25, 0.3) is 0 Å². The highest BCUT2D eigenvalue weighted by Crippen LogP contribution is 2.22. The predicted octanol–water partition coefficient (Wildman–Crippen LogP) is 0.559. The van der Waals surface area contributed by atoms with Crippen LogP contribution in [0.15, 0.2) is 18.7 Å². The maximum atomic E-state index is 12.2. The number of ether oxygens (including phenoxy) is 3. The molecule has 0 aliphatic carbocycles. The standard InChI is InChI=1S/C12H21N2O4/c1-5-16-11(15)12(17-6-2,18-7-3)14-9-8-13(4)10-14/h8-10H,5-7H2,1-4H3/q+1. The normalized spacial score (nSPS) is 11.6.